The van der Waals surface area contributed by atoms with Crippen LogP contribution >= 0.6 is 11.3 Å². The third kappa shape index (κ3) is 3.82. The summed E-state index contributed by atoms with van der Waals surface area (Å²) in [5, 5.41) is 3.42. The Hall–Kier alpha value is -2.44. The van der Waals surface area contributed by atoms with E-state index in [9.17, 15) is 4.79 Å². The zero-order valence-electron chi connectivity index (χ0n) is 17.3. The van der Waals surface area contributed by atoms with E-state index in [1.807, 2.05) is 41.4 Å². The highest BCUT2D eigenvalue weighted by Gasteiger charge is 2.47. The molecule has 156 valence electrons. The van der Waals surface area contributed by atoms with Crippen molar-refractivity contribution < 1.29 is 9.53 Å². The molecule has 30 heavy (non-hydrogen) atoms. The Morgan fingerprint density at radius 1 is 1.17 bits per heavy atom. The number of hydrogen-bond donors (Lipinski definition) is 0. The minimum absolute atomic E-state index is 0.0859. The molecule has 0 N–H and O–H groups in total. The predicted molar refractivity (Wildman–Crippen MR) is 120 cm³/mol. The fourth-order valence-corrected chi connectivity index (χ4v) is 5.59. The van der Waals surface area contributed by atoms with Crippen molar-refractivity contribution in [3.8, 4) is 5.75 Å². The van der Waals surface area contributed by atoms with Crippen molar-refractivity contribution in [2.45, 2.75) is 38.3 Å². The number of piperidine rings is 1. The van der Waals surface area contributed by atoms with Gasteiger partial charge in [0.25, 0.3) is 5.91 Å². The van der Waals surface area contributed by atoms with Crippen molar-refractivity contribution in [1.29, 1.82) is 0 Å². The second-order valence-electron chi connectivity index (χ2n) is 8.46. The molecule has 0 unspecified atom stereocenters. The summed E-state index contributed by atoms with van der Waals surface area (Å²) >= 11 is 1.77. The number of rotatable bonds is 5. The zero-order chi connectivity index (χ0) is 20.6. The maximum atomic E-state index is 12.9. The van der Waals surface area contributed by atoms with Crippen LogP contribution in [0.2, 0.25) is 0 Å². The van der Waals surface area contributed by atoms with Gasteiger partial charge in [-0.15, -0.1) is 11.3 Å². The van der Waals surface area contributed by atoms with Crippen molar-refractivity contribution in [3.05, 3.63) is 58.5 Å². The highest BCUT2D eigenvalue weighted by atomic mass is 32.1. The summed E-state index contributed by atoms with van der Waals surface area (Å²) in [5.41, 5.74) is 0.134. The molecule has 1 spiro atoms. The lowest BCUT2D eigenvalue weighted by molar-refractivity contribution is -0.142. The molecule has 0 radical (unpaired) electrons. The van der Waals surface area contributed by atoms with E-state index in [4.69, 9.17) is 4.74 Å². The highest BCUT2D eigenvalue weighted by molar-refractivity contribution is 7.11. The number of likely N-dealkylation sites (tertiary alicyclic amines) is 2. The van der Waals surface area contributed by atoms with Crippen molar-refractivity contribution in [1.82, 2.24) is 14.8 Å². The second kappa shape index (κ2) is 8.00. The molecule has 3 aromatic rings. The number of amides is 1. The summed E-state index contributed by atoms with van der Waals surface area (Å²) in [6.07, 6.45) is 5.38. The van der Waals surface area contributed by atoms with Gasteiger partial charge in [-0.05, 0) is 49.1 Å². The lowest BCUT2D eigenvalue weighted by atomic mass is 9.77. The second-order valence-corrected chi connectivity index (χ2v) is 9.78. The van der Waals surface area contributed by atoms with Crippen LogP contribution in [0.15, 0.2) is 48.7 Å². The first kappa shape index (κ1) is 19.5. The van der Waals surface area contributed by atoms with Gasteiger partial charge in [0.1, 0.15) is 5.75 Å². The van der Waals surface area contributed by atoms with Gasteiger partial charge in [-0.1, -0.05) is 30.3 Å². The van der Waals surface area contributed by atoms with E-state index < -0.39 is 0 Å². The van der Waals surface area contributed by atoms with E-state index in [-0.39, 0.29) is 18.1 Å². The Labute approximate surface area is 181 Å². The number of carbonyl (C=O) groups excluding carboxylic acids is 1. The number of aromatic nitrogens is 1. The Kier molecular flexibility index (Phi) is 5.21. The number of nitrogens with zero attached hydrogens (tertiary/aromatic N) is 3. The largest absolute Gasteiger partial charge is 0.484 e. The number of hydrogen-bond acceptors (Lipinski definition) is 5. The molecule has 2 aromatic carbocycles. The van der Waals surface area contributed by atoms with Gasteiger partial charge < -0.3 is 9.64 Å². The molecule has 1 amide bonds. The Bertz CT molecular complexity index is 1070. The van der Waals surface area contributed by atoms with Crippen molar-refractivity contribution in [2.24, 2.45) is 0 Å². The normalized spacial score (nSPS) is 21.7. The zero-order valence-corrected chi connectivity index (χ0v) is 18.2. The minimum Gasteiger partial charge on any atom is -0.484 e. The minimum atomic E-state index is 0.0859. The topological polar surface area (TPSA) is 45.7 Å². The molecular weight excluding hydrogens is 394 g/mol. The molecule has 5 rings (SSSR count). The van der Waals surface area contributed by atoms with Crippen LogP contribution < -0.4 is 4.74 Å². The van der Waals surface area contributed by atoms with Crippen LogP contribution in [0.5, 0.6) is 5.75 Å². The molecule has 2 aliphatic rings. The van der Waals surface area contributed by atoms with Gasteiger partial charge in [0.05, 0.1) is 5.01 Å². The van der Waals surface area contributed by atoms with Crippen LogP contribution in [0.4, 0.5) is 0 Å². The van der Waals surface area contributed by atoms with E-state index in [0.717, 1.165) is 48.7 Å². The van der Waals surface area contributed by atoms with Gasteiger partial charge in [0.15, 0.2) is 6.61 Å². The number of benzene rings is 2. The third-order valence-corrected chi connectivity index (χ3v) is 7.42. The van der Waals surface area contributed by atoms with Crippen LogP contribution in [-0.2, 0) is 11.3 Å². The number of aryl methyl sites for hydroxylation is 1. The van der Waals surface area contributed by atoms with E-state index in [1.54, 1.807) is 11.3 Å². The molecule has 1 atom stereocenters. The van der Waals surface area contributed by atoms with Gasteiger partial charge in [0, 0.05) is 42.8 Å². The molecule has 3 heterocycles. The fourth-order valence-electron chi connectivity index (χ4n) is 4.78. The van der Waals surface area contributed by atoms with Crippen molar-refractivity contribution in [2.75, 3.05) is 26.2 Å². The van der Waals surface area contributed by atoms with E-state index >= 15 is 0 Å². The van der Waals surface area contributed by atoms with Crippen LogP contribution in [0.1, 0.15) is 29.1 Å². The van der Waals surface area contributed by atoms with E-state index in [2.05, 4.69) is 28.9 Å². The lowest BCUT2D eigenvalue weighted by Gasteiger charge is -2.57. The average molecular weight is 422 g/mol. The molecule has 6 heteroatoms. The van der Waals surface area contributed by atoms with Gasteiger partial charge in [-0.2, -0.15) is 0 Å². The Morgan fingerprint density at radius 2 is 2.03 bits per heavy atom. The fraction of sp³-hybridized carbons (Fsp3) is 0.417. The van der Waals surface area contributed by atoms with Gasteiger partial charge in [0.2, 0.25) is 0 Å². The quantitative estimate of drug-likeness (QED) is 0.618. The molecule has 2 saturated heterocycles. The Morgan fingerprint density at radius 3 is 2.80 bits per heavy atom. The van der Waals surface area contributed by atoms with Gasteiger partial charge in [-0.25, -0.2) is 4.98 Å². The summed E-state index contributed by atoms with van der Waals surface area (Å²) < 4.78 is 5.86. The monoisotopic (exact) mass is 421 g/mol. The highest BCUT2D eigenvalue weighted by Crippen LogP contribution is 2.40. The summed E-state index contributed by atoms with van der Waals surface area (Å²) in [5.74, 6) is 0.835. The van der Waals surface area contributed by atoms with Crippen LogP contribution in [0.3, 0.4) is 0 Å². The summed E-state index contributed by atoms with van der Waals surface area (Å²) in [7, 11) is 0. The molecule has 0 aliphatic carbocycles. The summed E-state index contributed by atoms with van der Waals surface area (Å²) in [6.45, 7) is 5.84. The number of fused-ring (bicyclic) bond motifs is 1. The molecule has 1 aromatic heterocycles. The molecular formula is C24H27N3O2S. The number of ether oxygens (including phenoxy) is 1. The SMILES string of the molecule is Cc1ncc(CN2CC[C@@]23CCCN(C(=O)COc2ccc4ccccc4c2)C3)s1. The molecule has 2 aliphatic heterocycles. The molecule has 0 bridgehead atoms. The van der Waals surface area contributed by atoms with Crippen LogP contribution in [0, 0.1) is 6.92 Å². The third-order valence-electron chi connectivity index (χ3n) is 6.53. The molecule has 0 saturated carbocycles. The standard InChI is InChI=1S/C24H27N3O2S/c1-18-25-14-22(30-18)15-27-12-10-24(27)9-4-11-26(17-24)23(28)16-29-21-8-7-19-5-2-3-6-20(19)13-21/h2-3,5-8,13-14H,4,9-12,15-17H2,1H3/t24-/m1/s1. The van der Waals surface area contributed by atoms with Gasteiger partial charge in [-0.3, -0.25) is 9.69 Å². The molecule has 5 nitrogen and oxygen atoms in total. The molecule has 2 fully saturated rings. The number of carbonyl (C=O) groups is 1. The average Bonchev–Trinajstić information content (AvgIpc) is 3.20. The smallest absolute Gasteiger partial charge is 0.260 e. The first-order chi connectivity index (χ1) is 14.6. The predicted octanol–water partition coefficient (Wildman–Crippen LogP) is 4.25. The van der Waals surface area contributed by atoms with Gasteiger partial charge >= 0.3 is 0 Å². The van der Waals surface area contributed by atoms with Crippen molar-refractivity contribution >= 4 is 28.0 Å². The van der Waals surface area contributed by atoms with E-state index in [1.165, 1.54) is 23.1 Å². The first-order valence-electron chi connectivity index (χ1n) is 10.7. The van der Waals surface area contributed by atoms with E-state index in [0.29, 0.717) is 0 Å². The van der Waals surface area contributed by atoms with Crippen LogP contribution in [-0.4, -0.2) is 52.5 Å². The maximum absolute atomic E-state index is 12.9. The first-order valence-corrected chi connectivity index (χ1v) is 11.5. The lowest BCUT2D eigenvalue weighted by Crippen LogP contribution is -2.67. The van der Waals surface area contributed by atoms with Crippen LogP contribution in [0.25, 0.3) is 10.8 Å². The number of thiazole rings is 1. The maximum Gasteiger partial charge on any atom is 0.260 e. The summed E-state index contributed by atoms with van der Waals surface area (Å²) in [6, 6.07) is 14.2. The Balaban J connectivity index is 1.20. The summed E-state index contributed by atoms with van der Waals surface area (Å²) in [4.78, 5) is 23.2. The van der Waals surface area contributed by atoms with Crippen molar-refractivity contribution in [3.63, 3.8) is 0 Å².